The van der Waals surface area contributed by atoms with Crippen molar-refractivity contribution in [1.82, 2.24) is 15.0 Å². The first-order chi connectivity index (χ1) is 14.3. The molecule has 2 fully saturated rings. The minimum atomic E-state index is -0.166. The van der Waals surface area contributed by atoms with Crippen molar-refractivity contribution in [3.8, 4) is 11.6 Å². The quantitative estimate of drug-likeness (QED) is 0.666. The lowest BCUT2D eigenvalue weighted by molar-refractivity contribution is -0.00461. The van der Waals surface area contributed by atoms with Crippen LogP contribution in [0, 0.1) is 0 Å². The Hall–Kier alpha value is -2.97. The zero-order valence-electron chi connectivity index (χ0n) is 16.1. The molecule has 0 N–H and O–H groups in total. The maximum Gasteiger partial charge on any atom is 0.228 e. The smallest absolute Gasteiger partial charge is 0.228 e. The second-order valence-corrected chi connectivity index (χ2v) is 7.14. The molecule has 8 nitrogen and oxygen atoms in total. The van der Waals surface area contributed by atoms with Gasteiger partial charge >= 0.3 is 0 Å². The van der Waals surface area contributed by atoms with Crippen LogP contribution in [0.1, 0.15) is 0 Å². The molecule has 5 rings (SSSR count). The monoisotopic (exact) mass is 394 g/mol. The van der Waals surface area contributed by atoms with Crippen LogP contribution in [0.5, 0.6) is 11.6 Å². The van der Waals surface area contributed by atoms with E-state index >= 15 is 0 Å². The highest BCUT2D eigenvalue weighted by Gasteiger charge is 2.39. The molecular weight excluding hydrogens is 372 g/mol. The summed E-state index contributed by atoms with van der Waals surface area (Å²) in [5.74, 6) is 1.99. The SMILES string of the molecule is COc1ccnc(N2C[C@@H]3OCC(Oc4cccc5cnccc45)CO[C@H]3C2)n1. The lowest BCUT2D eigenvalue weighted by atomic mass is 10.1. The van der Waals surface area contributed by atoms with Crippen LogP contribution in [0.4, 0.5) is 5.95 Å². The van der Waals surface area contributed by atoms with Gasteiger partial charge < -0.3 is 23.8 Å². The molecule has 8 heteroatoms. The standard InChI is InChI=1S/C21H22N4O4/c1-26-20-6-8-23-21(24-20)25-10-18-19(11-25)28-13-15(12-27-18)29-17-4-2-3-14-9-22-7-5-16(14)17/h2-9,15,18-19H,10-13H2,1H3/t18-,19-/m0/s1. The average Bonchev–Trinajstić information content (AvgIpc) is 3.10. The van der Waals surface area contributed by atoms with Crippen molar-refractivity contribution in [3.05, 3.63) is 48.9 Å². The van der Waals surface area contributed by atoms with Gasteiger partial charge in [-0.3, -0.25) is 4.98 Å². The molecule has 0 aliphatic carbocycles. The number of hydrogen-bond donors (Lipinski definition) is 0. The number of nitrogens with zero attached hydrogens (tertiary/aromatic N) is 4. The molecule has 2 saturated heterocycles. The second kappa shape index (κ2) is 7.81. The van der Waals surface area contributed by atoms with Crippen LogP contribution >= 0.6 is 0 Å². The summed E-state index contributed by atoms with van der Waals surface area (Å²) in [5.41, 5.74) is 0. The molecule has 2 aliphatic rings. The zero-order chi connectivity index (χ0) is 19.6. The van der Waals surface area contributed by atoms with Crippen molar-refractivity contribution in [3.63, 3.8) is 0 Å². The first-order valence-electron chi connectivity index (χ1n) is 9.65. The predicted octanol–water partition coefficient (Wildman–Crippen LogP) is 2.08. The summed E-state index contributed by atoms with van der Waals surface area (Å²) >= 11 is 0. The fourth-order valence-corrected chi connectivity index (χ4v) is 3.78. The van der Waals surface area contributed by atoms with Crippen LogP contribution in [0.25, 0.3) is 10.8 Å². The highest BCUT2D eigenvalue weighted by molar-refractivity contribution is 5.87. The number of benzene rings is 1. The fraction of sp³-hybridized carbons (Fsp3) is 0.381. The largest absolute Gasteiger partial charge is 0.485 e. The van der Waals surface area contributed by atoms with E-state index in [1.54, 1.807) is 25.6 Å². The van der Waals surface area contributed by atoms with E-state index in [4.69, 9.17) is 18.9 Å². The summed E-state index contributed by atoms with van der Waals surface area (Å²) in [5, 5.41) is 2.08. The van der Waals surface area contributed by atoms with Gasteiger partial charge in [0.25, 0.3) is 0 Å². The molecule has 29 heavy (non-hydrogen) atoms. The molecular formula is C21H22N4O4. The molecule has 150 valence electrons. The second-order valence-electron chi connectivity index (χ2n) is 7.14. The van der Waals surface area contributed by atoms with Crippen LogP contribution in [0.15, 0.2) is 48.9 Å². The maximum atomic E-state index is 6.22. The topological polar surface area (TPSA) is 78.8 Å². The Balaban J connectivity index is 1.25. The summed E-state index contributed by atoms with van der Waals surface area (Å²) in [4.78, 5) is 15.0. The van der Waals surface area contributed by atoms with Crippen molar-refractivity contribution in [1.29, 1.82) is 0 Å². The molecule has 2 aromatic heterocycles. The number of rotatable bonds is 4. The number of fused-ring (bicyclic) bond motifs is 2. The Morgan fingerprint density at radius 2 is 1.86 bits per heavy atom. The molecule has 3 aromatic rings. The number of ether oxygens (including phenoxy) is 4. The molecule has 0 amide bonds. The first kappa shape index (κ1) is 18.1. The van der Waals surface area contributed by atoms with E-state index in [1.807, 2.05) is 30.5 Å². The molecule has 0 unspecified atom stereocenters. The van der Waals surface area contributed by atoms with Crippen LogP contribution in [0.3, 0.4) is 0 Å². The lowest BCUT2D eigenvalue weighted by Crippen LogP contribution is -2.30. The van der Waals surface area contributed by atoms with E-state index in [0.29, 0.717) is 38.1 Å². The summed E-state index contributed by atoms with van der Waals surface area (Å²) in [6, 6.07) is 9.66. The Morgan fingerprint density at radius 1 is 1.03 bits per heavy atom. The summed E-state index contributed by atoms with van der Waals surface area (Å²) in [7, 11) is 1.60. The Morgan fingerprint density at radius 3 is 2.66 bits per heavy atom. The van der Waals surface area contributed by atoms with E-state index in [1.165, 1.54) is 0 Å². The van der Waals surface area contributed by atoms with Crippen molar-refractivity contribution in [2.45, 2.75) is 18.3 Å². The summed E-state index contributed by atoms with van der Waals surface area (Å²) in [6.45, 7) is 2.28. The highest BCUT2D eigenvalue weighted by atomic mass is 16.6. The van der Waals surface area contributed by atoms with Gasteiger partial charge in [-0.25, -0.2) is 4.98 Å². The number of aromatic nitrogens is 3. The Bertz CT molecular complexity index is 980. The molecule has 0 radical (unpaired) electrons. The van der Waals surface area contributed by atoms with Gasteiger partial charge in [0.2, 0.25) is 11.8 Å². The summed E-state index contributed by atoms with van der Waals surface area (Å²) in [6.07, 6.45) is 5.04. The number of anilines is 1. The van der Waals surface area contributed by atoms with Crippen LogP contribution < -0.4 is 14.4 Å². The van der Waals surface area contributed by atoms with Crippen LogP contribution in [0.2, 0.25) is 0 Å². The van der Waals surface area contributed by atoms with Crippen molar-refractivity contribution in [2.24, 2.45) is 0 Å². The van der Waals surface area contributed by atoms with Gasteiger partial charge in [-0.1, -0.05) is 12.1 Å². The molecule has 2 atom stereocenters. The maximum absolute atomic E-state index is 6.22. The van der Waals surface area contributed by atoms with Gasteiger partial charge in [-0.15, -0.1) is 0 Å². The normalized spacial score (nSPS) is 22.3. The van der Waals surface area contributed by atoms with Crippen LogP contribution in [-0.4, -0.2) is 66.7 Å². The van der Waals surface area contributed by atoms with Gasteiger partial charge in [-0.2, -0.15) is 4.98 Å². The van der Waals surface area contributed by atoms with Gasteiger partial charge in [0.15, 0.2) is 0 Å². The molecule has 0 saturated carbocycles. The minimum Gasteiger partial charge on any atom is -0.485 e. The van der Waals surface area contributed by atoms with Gasteiger partial charge in [0.1, 0.15) is 24.1 Å². The molecule has 4 heterocycles. The highest BCUT2D eigenvalue weighted by Crippen LogP contribution is 2.28. The van der Waals surface area contributed by atoms with E-state index in [0.717, 1.165) is 16.5 Å². The van der Waals surface area contributed by atoms with Crippen LogP contribution in [-0.2, 0) is 9.47 Å². The third kappa shape index (κ3) is 3.68. The number of pyridine rings is 1. The average molecular weight is 394 g/mol. The predicted molar refractivity (Wildman–Crippen MR) is 106 cm³/mol. The van der Waals surface area contributed by atoms with Crippen molar-refractivity contribution < 1.29 is 18.9 Å². The molecule has 0 spiro atoms. The van der Waals surface area contributed by atoms with Gasteiger partial charge in [0.05, 0.1) is 20.3 Å². The lowest BCUT2D eigenvalue weighted by Gasteiger charge is -2.20. The third-order valence-electron chi connectivity index (χ3n) is 5.25. The first-order valence-corrected chi connectivity index (χ1v) is 9.65. The molecule has 2 aliphatic heterocycles. The van der Waals surface area contributed by atoms with E-state index in [-0.39, 0.29) is 18.3 Å². The Labute approximate surface area is 168 Å². The third-order valence-corrected chi connectivity index (χ3v) is 5.25. The fourth-order valence-electron chi connectivity index (χ4n) is 3.78. The van der Waals surface area contributed by atoms with E-state index < -0.39 is 0 Å². The van der Waals surface area contributed by atoms with Crippen molar-refractivity contribution >= 4 is 16.7 Å². The van der Waals surface area contributed by atoms with Crippen molar-refractivity contribution in [2.75, 3.05) is 38.3 Å². The number of hydrogen-bond acceptors (Lipinski definition) is 8. The van der Waals surface area contributed by atoms with E-state index in [9.17, 15) is 0 Å². The van der Waals surface area contributed by atoms with E-state index in [2.05, 4.69) is 19.9 Å². The molecule has 1 aromatic carbocycles. The Kier molecular flexibility index (Phi) is 4.87. The van der Waals surface area contributed by atoms with Gasteiger partial charge in [0, 0.05) is 48.5 Å². The summed E-state index contributed by atoms with van der Waals surface area (Å²) < 4.78 is 23.7. The number of methoxy groups -OCH3 is 1. The molecule has 0 bridgehead atoms. The minimum absolute atomic E-state index is 0.0462. The zero-order valence-corrected chi connectivity index (χ0v) is 16.1. The van der Waals surface area contributed by atoms with Gasteiger partial charge in [-0.05, 0) is 12.1 Å².